The van der Waals surface area contributed by atoms with Gasteiger partial charge in [-0.3, -0.25) is 4.90 Å². The van der Waals surface area contributed by atoms with E-state index >= 15 is 0 Å². The number of halogens is 3. The Bertz CT molecular complexity index is 1220. The molecule has 38 heavy (non-hydrogen) atoms. The van der Waals surface area contributed by atoms with Crippen molar-refractivity contribution in [2.24, 2.45) is 0 Å². The number of hydrogen-bond acceptors (Lipinski definition) is 6. The van der Waals surface area contributed by atoms with Gasteiger partial charge in [-0.05, 0) is 30.2 Å². The summed E-state index contributed by atoms with van der Waals surface area (Å²) in [5, 5.41) is 5.50. The molecule has 202 valence electrons. The quantitative estimate of drug-likeness (QED) is 0.423. The van der Waals surface area contributed by atoms with Crippen LogP contribution in [0.5, 0.6) is 11.5 Å². The highest BCUT2D eigenvalue weighted by atomic mass is 19.4. The third-order valence-electron chi connectivity index (χ3n) is 6.19. The number of pyridine rings is 1. The summed E-state index contributed by atoms with van der Waals surface area (Å²) in [6, 6.07) is 13.7. The Balaban J connectivity index is 1.31. The first kappa shape index (κ1) is 27.1. The molecule has 1 saturated heterocycles. The van der Waals surface area contributed by atoms with Crippen molar-refractivity contribution in [3.8, 4) is 11.5 Å². The highest BCUT2D eigenvalue weighted by molar-refractivity contribution is 5.99. The minimum atomic E-state index is -4.35. The third kappa shape index (κ3) is 7.28. The Morgan fingerprint density at radius 3 is 2.32 bits per heavy atom. The molecule has 8 nitrogen and oxygen atoms in total. The highest BCUT2D eigenvalue weighted by Crippen LogP contribution is 2.30. The van der Waals surface area contributed by atoms with Crippen LogP contribution >= 0.6 is 0 Å². The molecule has 1 fully saturated rings. The zero-order valence-corrected chi connectivity index (χ0v) is 21.2. The maximum Gasteiger partial charge on any atom is 0.416 e. The van der Waals surface area contributed by atoms with Gasteiger partial charge in [-0.25, -0.2) is 9.78 Å². The van der Waals surface area contributed by atoms with Gasteiger partial charge < -0.3 is 25.0 Å². The fraction of sp³-hybridized carbons (Fsp3) is 0.333. The number of amides is 2. The van der Waals surface area contributed by atoms with Crippen molar-refractivity contribution in [3.05, 3.63) is 71.9 Å². The molecule has 0 aliphatic carbocycles. The second-order valence-corrected chi connectivity index (χ2v) is 8.90. The normalized spacial score (nSPS) is 14.5. The molecule has 2 N–H and O–H groups in total. The fourth-order valence-corrected chi connectivity index (χ4v) is 4.28. The van der Waals surface area contributed by atoms with Crippen LogP contribution < -0.4 is 25.0 Å². The van der Waals surface area contributed by atoms with E-state index in [0.717, 1.165) is 31.4 Å². The van der Waals surface area contributed by atoms with E-state index < -0.39 is 17.8 Å². The summed E-state index contributed by atoms with van der Waals surface area (Å²) in [6.45, 7) is 3.40. The molecule has 3 aromatic rings. The molecule has 2 amide bonds. The van der Waals surface area contributed by atoms with E-state index in [9.17, 15) is 18.0 Å². The van der Waals surface area contributed by atoms with Gasteiger partial charge in [0.2, 0.25) is 0 Å². The number of hydrogen-bond donors (Lipinski definition) is 2. The van der Waals surface area contributed by atoms with Crippen molar-refractivity contribution in [1.82, 2.24) is 9.88 Å². The maximum absolute atomic E-state index is 13.0. The van der Waals surface area contributed by atoms with E-state index in [1.54, 1.807) is 36.5 Å². The van der Waals surface area contributed by atoms with Gasteiger partial charge in [0.25, 0.3) is 0 Å². The highest BCUT2D eigenvalue weighted by Gasteiger charge is 2.30. The van der Waals surface area contributed by atoms with E-state index in [1.807, 2.05) is 6.07 Å². The molecule has 1 aliphatic heterocycles. The van der Waals surface area contributed by atoms with Crippen LogP contribution in [0.15, 0.2) is 60.8 Å². The summed E-state index contributed by atoms with van der Waals surface area (Å²) < 4.78 is 49.6. The summed E-state index contributed by atoms with van der Waals surface area (Å²) in [6.07, 6.45) is -1.90. The van der Waals surface area contributed by atoms with Crippen molar-refractivity contribution in [3.63, 3.8) is 0 Å². The molecule has 1 aromatic heterocycles. The van der Waals surface area contributed by atoms with Crippen LogP contribution in [0, 0.1) is 0 Å². The second kappa shape index (κ2) is 12.0. The van der Waals surface area contributed by atoms with Crippen LogP contribution in [0.4, 0.5) is 35.2 Å². The molecule has 0 unspecified atom stereocenters. The number of ether oxygens (including phenoxy) is 2. The Hall–Kier alpha value is -3.99. The Kier molecular flexibility index (Phi) is 8.57. The van der Waals surface area contributed by atoms with Gasteiger partial charge >= 0.3 is 12.2 Å². The number of carbonyl (C=O) groups is 1. The number of nitrogens with zero attached hydrogens (tertiary/aromatic N) is 3. The van der Waals surface area contributed by atoms with Gasteiger partial charge in [-0.15, -0.1) is 0 Å². The lowest BCUT2D eigenvalue weighted by atomic mass is 10.1. The van der Waals surface area contributed by atoms with Gasteiger partial charge in [-0.2, -0.15) is 13.2 Å². The van der Waals surface area contributed by atoms with Crippen LogP contribution in [0.1, 0.15) is 17.5 Å². The third-order valence-corrected chi connectivity index (χ3v) is 6.19. The number of benzene rings is 2. The number of urea groups is 1. The van der Waals surface area contributed by atoms with Crippen molar-refractivity contribution in [2.45, 2.75) is 19.1 Å². The van der Waals surface area contributed by atoms with Gasteiger partial charge in [0.1, 0.15) is 17.3 Å². The summed E-state index contributed by atoms with van der Waals surface area (Å²) in [7, 11) is 3.06. The molecule has 0 radical (unpaired) electrons. The molecular weight excluding hydrogens is 499 g/mol. The molecule has 2 heterocycles. The van der Waals surface area contributed by atoms with E-state index in [2.05, 4.69) is 25.4 Å². The lowest BCUT2D eigenvalue weighted by Crippen LogP contribution is -2.31. The van der Waals surface area contributed by atoms with Gasteiger partial charge in [0.15, 0.2) is 0 Å². The number of carbonyl (C=O) groups excluding carboxylic acids is 1. The summed E-state index contributed by atoms with van der Waals surface area (Å²) in [4.78, 5) is 21.3. The molecule has 0 bridgehead atoms. The monoisotopic (exact) mass is 529 g/mol. The zero-order valence-electron chi connectivity index (χ0n) is 21.2. The minimum absolute atomic E-state index is 0.435. The van der Waals surface area contributed by atoms with Crippen LogP contribution in [0.25, 0.3) is 0 Å². The molecule has 4 rings (SSSR count). The smallest absolute Gasteiger partial charge is 0.416 e. The molecule has 1 aliphatic rings. The molecular formula is C27H30F3N5O3. The summed E-state index contributed by atoms with van der Waals surface area (Å²) in [5.74, 6) is 1.88. The molecule has 0 atom stereocenters. The van der Waals surface area contributed by atoms with Crippen molar-refractivity contribution in [2.75, 3.05) is 55.9 Å². The van der Waals surface area contributed by atoms with E-state index in [1.165, 1.54) is 26.4 Å². The number of nitrogens with one attached hydrogen (secondary N) is 2. The molecule has 2 aromatic carbocycles. The first-order valence-electron chi connectivity index (χ1n) is 12.1. The lowest BCUT2D eigenvalue weighted by molar-refractivity contribution is -0.137. The van der Waals surface area contributed by atoms with Gasteiger partial charge in [0, 0.05) is 56.6 Å². The van der Waals surface area contributed by atoms with Crippen LogP contribution in [-0.2, 0) is 12.7 Å². The van der Waals surface area contributed by atoms with Gasteiger partial charge in [-0.1, -0.05) is 18.2 Å². The molecule has 0 saturated carbocycles. The topological polar surface area (TPSA) is 79.0 Å². The summed E-state index contributed by atoms with van der Waals surface area (Å²) in [5.41, 5.74) is 1.07. The SMILES string of the molecule is COc1cc(NC(=O)Nc2ccc(N3CCCN(Cc4cccc(C(F)(F)F)c4)CC3)nc2)cc(OC)c1. The van der Waals surface area contributed by atoms with Gasteiger partial charge in [0.05, 0.1) is 31.7 Å². The number of rotatable bonds is 7. The Labute approximate surface area is 219 Å². The number of alkyl halides is 3. The van der Waals surface area contributed by atoms with E-state index in [-0.39, 0.29) is 0 Å². The van der Waals surface area contributed by atoms with Crippen LogP contribution in [-0.4, -0.2) is 56.3 Å². The predicted octanol–water partition coefficient (Wildman–Crippen LogP) is 5.47. The van der Waals surface area contributed by atoms with Crippen LogP contribution in [0.3, 0.4) is 0 Å². The minimum Gasteiger partial charge on any atom is -0.497 e. The first-order valence-corrected chi connectivity index (χ1v) is 12.1. The average Bonchev–Trinajstić information content (AvgIpc) is 3.14. The summed E-state index contributed by atoms with van der Waals surface area (Å²) >= 11 is 0. The molecule has 0 spiro atoms. The van der Waals surface area contributed by atoms with Crippen molar-refractivity contribution in [1.29, 1.82) is 0 Å². The first-order chi connectivity index (χ1) is 18.2. The number of aromatic nitrogens is 1. The van der Waals surface area contributed by atoms with E-state index in [4.69, 9.17) is 9.47 Å². The van der Waals surface area contributed by atoms with Crippen molar-refractivity contribution < 1.29 is 27.4 Å². The average molecular weight is 530 g/mol. The predicted molar refractivity (Wildman–Crippen MR) is 140 cm³/mol. The Morgan fingerprint density at radius 1 is 0.921 bits per heavy atom. The second-order valence-electron chi connectivity index (χ2n) is 8.90. The zero-order chi connectivity index (χ0) is 27.1. The van der Waals surface area contributed by atoms with Crippen molar-refractivity contribution >= 4 is 23.2 Å². The van der Waals surface area contributed by atoms with E-state index in [0.29, 0.717) is 48.1 Å². The Morgan fingerprint density at radius 2 is 1.66 bits per heavy atom. The largest absolute Gasteiger partial charge is 0.497 e. The lowest BCUT2D eigenvalue weighted by Gasteiger charge is -2.23. The molecule has 11 heteroatoms. The maximum atomic E-state index is 13.0. The number of anilines is 3. The fourth-order valence-electron chi connectivity index (χ4n) is 4.28. The number of methoxy groups -OCH3 is 2. The van der Waals surface area contributed by atoms with Crippen LogP contribution in [0.2, 0.25) is 0 Å². The standard InChI is InChI=1S/C27H30F3N5O3/c1-37-23-14-22(15-24(16-23)38-2)33-26(36)32-21-7-8-25(31-17-21)35-10-4-9-34(11-12-35)18-19-5-3-6-20(13-19)27(28,29)30/h3,5-8,13-17H,4,9-12,18H2,1-2H3,(H2,32,33,36).